The number of benzene rings is 1. The van der Waals surface area contributed by atoms with Gasteiger partial charge in [0, 0.05) is 12.5 Å². The summed E-state index contributed by atoms with van der Waals surface area (Å²) in [5, 5.41) is 12.0. The van der Waals surface area contributed by atoms with Gasteiger partial charge < -0.3 is 4.74 Å². The number of hydrogen-bond donors (Lipinski definition) is 1. The van der Waals surface area contributed by atoms with Crippen molar-refractivity contribution in [3.63, 3.8) is 0 Å². The van der Waals surface area contributed by atoms with Crippen molar-refractivity contribution in [2.75, 3.05) is 11.9 Å². The number of carbonyl (C=O) groups excluding carboxylic acids is 1. The monoisotopic (exact) mass is 301 g/mol. The lowest BCUT2D eigenvalue weighted by Crippen LogP contribution is -2.07. The van der Waals surface area contributed by atoms with Gasteiger partial charge in [0.25, 0.3) is 0 Å². The smallest absolute Gasteiger partial charge is 0.250 e. The molecule has 0 atom stereocenters. The van der Waals surface area contributed by atoms with Crippen molar-refractivity contribution in [1.82, 2.24) is 10.2 Å². The van der Waals surface area contributed by atoms with Gasteiger partial charge in [0.2, 0.25) is 11.0 Å². The molecule has 1 amide bonds. The highest BCUT2D eigenvalue weighted by Crippen LogP contribution is 2.26. The van der Waals surface area contributed by atoms with Crippen LogP contribution in [0.3, 0.4) is 0 Å². The van der Waals surface area contributed by atoms with E-state index in [1.54, 1.807) is 6.08 Å². The van der Waals surface area contributed by atoms with Crippen LogP contribution >= 0.6 is 11.3 Å². The van der Waals surface area contributed by atoms with Gasteiger partial charge in [-0.25, -0.2) is 0 Å². The largest absolute Gasteiger partial charge is 0.493 e. The highest BCUT2D eigenvalue weighted by atomic mass is 32.1. The Morgan fingerprint density at radius 2 is 2.38 bits per heavy atom. The standard InChI is InChI=1S/C15H15N3O2S/c1-2-14-17-18-15(21-14)16-13(19)6-4-10-3-5-12-11(9-10)7-8-20-12/h3-6,9H,2,7-8H2,1H3,(H,16,18,19)/b6-4+. The number of rotatable bonds is 4. The number of nitrogens with one attached hydrogen (secondary N) is 1. The minimum absolute atomic E-state index is 0.203. The minimum Gasteiger partial charge on any atom is -0.493 e. The van der Waals surface area contributed by atoms with Gasteiger partial charge in [0.05, 0.1) is 6.61 Å². The maximum Gasteiger partial charge on any atom is 0.250 e. The van der Waals surface area contributed by atoms with Crippen LogP contribution in [0.4, 0.5) is 5.13 Å². The molecule has 0 spiro atoms. The summed E-state index contributed by atoms with van der Waals surface area (Å²) in [7, 11) is 0. The van der Waals surface area contributed by atoms with E-state index in [0.717, 1.165) is 35.8 Å². The summed E-state index contributed by atoms with van der Waals surface area (Å²) in [6.45, 7) is 2.74. The molecular formula is C15H15N3O2S. The summed E-state index contributed by atoms with van der Waals surface area (Å²) in [5.74, 6) is 0.739. The Kier molecular flexibility index (Phi) is 3.96. The van der Waals surface area contributed by atoms with E-state index in [1.807, 2.05) is 25.1 Å². The summed E-state index contributed by atoms with van der Waals surface area (Å²) in [6.07, 6.45) is 5.04. The van der Waals surface area contributed by atoms with Gasteiger partial charge in [-0.15, -0.1) is 10.2 Å². The molecule has 1 aliphatic heterocycles. The molecule has 1 aromatic carbocycles. The summed E-state index contributed by atoms with van der Waals surface area (Å²) in [6, 6.07) is 5.93. The summed E-state index contributed by atoms with van der Waals surface area (Å²) >= 11 is 1.39. The fraction of sp³-hybridized carbons (Fsp3) is 0.267. The van der Waals surface area contributed by atoms with E-state index in [0.29, 0.717) is 5.13 Å². The second-order valence-corrected chi connectivity index (χ2v) is 5.70. The Balaban J connectivity index is 1.64. The molecule has 3 rings (SSSR count). The van der Waals surface area contributed by atoms with Crippen LogP contribution in [0.15, 0.2) is 24.3 Å². The first-order valence-electron chi connectivity index (χ1n) is 6.82. The fourth-order valence-electron chi connectivity index (χ4n) is 2.08. The zero-order valence-corrected chi connectivity index (χ0v) is 12.4. The van der Waals surface area contributed by atoms with Gasteiger partial charge >= 0.3 is 0 Å². The van der Waals surface area contributed by atoms with Gasteiger partial charge in [-0.3, -0.25) is 10.1 Å². The van der Waals surface area contributed by atoms with E-state index in [2.05, 4.69) is 15.5 Å². The summed E-state index contributed by atoms with van der Waals surface area (Å²) < 4.78 is 5.45. The maximum atomic E-state index is 11.8. The van der Waals surface area contributed by atoms with Crippen LogP contribution in [-0.2, 0) is 17.6 Å². The predicted octanol–water partition coefficient (Wildman–Crippen LogP) is 2.69. The molecule has 2 heterocycles. The van der Waals surface area contributed by atoms with Gasteiger partial charge in [0.1, 0.15) is 10.8 Å². The predicted molar refractivity (Wildman–Crippen MR) is 82.6 cm³/mol. The van der Waals surface area contributed by atoms with Crippen LogP contribution in [0, 0.1) is 0 Å². The molecule has 1 aliphatic rings. The van der Waals surface area contributed by atoms with E-state index in [-0.39, 0.29) is 5.91 Å². The lowest BCUT2D eigenvalue weighted by atomic mass is 10.1. The maximum absolute atomic E-state index is 11.8. The molecular weight excluding hydrogens is 286 g/mol. The highest BCUT2D eigenvalue weighted by Gasteiger charge is 2.11. The molecule has 0 saturated carbocycles. The van der Waals surface area contributed by atoms with Crippen molar-refractivity contribution in [2.24, 2.45) is 0 Å². The first-order chi connectivity index (χ1) is 10.2. The first-order valence-corrected chi connectivity index (χ1v) is 7.63. The molecule has 0 fully saturated rings. The Bertz CT molecular complexity index is 694. The molecule has 1 aromatic heterocycles. The van der Waals surface area contributed by atoms with Crippen molar-refractivity contribution in [2.45, 2.75) is 19.8 Å². The minimum atomic E-state index is -0.203. The fourth-order valence-corrected chi connectivity index (χ4v) is 2.76. The van der Waals surface area contributed by atoms with Crippen molar-refractivity contribution >= 4 is 28.5 Å². The number of nitrogens with zero attached hydrogens (tertiary/aromatic N) is 2. The molecule has 0 bridgehead atoms. The van der Waals surface area contributed by atoms with Crippen molar-refractivity contribution in [3.05, 3.63) is 40.4 Å². The van der Waals surface area contributed by atoms with E-state index in [9.17, 15) is 4.79 Å². The number of aromatic nitrogens is 2. The summed E-state index contributed by atoms with van der Waals surface area (Å²) in [4.78, 5) is 11.8. The van der Waals surface area contributed by atoms with Crippen molar-refractivity contribution < 1.29 is 9.53 Å². The van der Waals surface area contributed by atoms with Gasteiger partial charge in [-0.05, 0) is 35.8 Å². The number of hydrogen-bond acceptors (Lipinski definition) is 5. The third-order valence-corrected chi connectivity index (χ3v) is 4.12. The van der Waals surface area contributed by atoms with Crippen LogP contribution in [0.25, 0.3) is 6.08 Å². The highest BCUT2D eigenvalue weighted by molar-refractivity contribution is 7.15. The number of anilines is 1. The Labute approximate surface area is 126 Å². The second-order valence-electron chi connectivity index (χ2n) is 4.64. The zero-order valence-electron chi connectivity index (χ0n) is 11.6. The quantitative estimate of drug-likeness (QED) is 0.882. The molecule has 108 valence electrons. The van der Waals surface area contributed by atoms with Crippen LogP contribution in [-0.4, -0.2) is 22.7 Å². The SMILES string of the molecule is CCc1nnc(NC(=O)/C=C/c2ccc3c(c2)CCO3)s1. The van der Waals surface area contributed by atoms with Crippen LogP contribution in [0.1, 0.15) is 23.1 Å². The average molecular weight is 301 g/mol. The third-order valence-electron chi connectivity index (χ3n) is 3.14. The average Bonchev–Trinajstić information content (AvgIpc) is 3.13. The van der Waals surface area contributed by atoms with E-state index < -0.39 is 0 Å². The molecule has 0 unspecified atom stereocenters. The Hall–Kier alpha value is -2.21. The van der Waals surface area contributed by atoms with E-state index in [4.69, 9.17) is 4.74 Å². The third kappa shape index (κ3) is 3.28. The molecule has 21 heavy (non-hydrogen) atoms. The van der Waals surface area contributed by atoms with Crippen LogP contribution < -0.4 is 10.1 Å². The van der Waals surface area contributed by atoms with Crippen LogP contribution in [0.2, 0.25) is 0 Å². The van der Waals surface area contributed by atoms with E-state index >= 15 is 0 Å². The molecule has 1 N–H and O–H groups in total. The van der Waals surface area contributed by atoms with Crippen LogP contribution in [0.5, 0.6) is 5.75 Å². The Morgan fingerprint density at radius 3 is 3.19 bits per heavy atom. The number of fused-ring (bicyclic) bond motifs is 1. The molecule has 0 saturated heterocycles. The van der Waals surface area contributed by atoms with Gasteiger partial charge in [-0.2, -0.15) is 0 Å². The normalized spacial score (nSPS) is 13.2. The molecule has 2 aromatic rings. The van der Waals surface area contributed by atoms with Gasteiger partial charge in [0.15, 0.2) is 0 Å². The molecule has 0 radical (unpaired) electrons. The molecule has 6 heteroatoms. The van der Waals surface area contributed by atoms with E-state index in [1.165, 1.54) is 23.0 Å². The van der Waals surface area contributed by atoms with Crippen molar-refractivity contribution in [1.29, 1.82) is 0 Å². The number of ether oxygens (including phenoxy) is 1. The first kappa shape index (κ1) is 13.8. The lowest BCUT2D eigenvalue weighted by Gasteiger charge is -1.99. The van der Waals surface area contributed by atoms with Crippen molar-refractivity contribution in [3.8, 4) is 5.75 Å². The Morgan fingerprint density at radius 1 is 1.48 bits per heavy atom. The number of carbonyl (C=O) groups is 1. The topological polar surface area (TPSA) is 64.1 Å². The second kappa shape index (κ2) is 6.05. The molecule has 5 nitrogen and oxygen atoms in total. The molecule has 0 aliphatic carbocycles. The zero-order chi connectivity index (χ0) is 14.7. The number of amides is 1. The van der Waals surface area contributed by atoms with Gasteiger partial charge in [-0.1, -0.05) is 24.3 Å². The number of aryl methyl sites for hydroxylation is 1. The summed E-state index contributed by atoms with van der Waals surface area (Å²) in [5.41, 5.74) is 2.18. The lowest BCUT2D eigenvalue weighted by molar-refractivity contribution is -0.111.